The van der Waals surface area contributed by atoms with Gasteiger partial charge < -0.3 is 10.4 Å². The number of hydrogen-bond donors (Lipinski definition) is 2. The first-order chi connectivity index (χ1) is 11.5. The Morgan fingerprint density at radius 1 is 1.38 bits per heavy atom. The molecule has 0 atom stereocenters. The molecule has 8 heteroatoms. The standard InChI is InChI=1S/C16H13FN4O3/c1-21-14(16(23)24)10(8-20-21)7-19-15(22)11-5-9-3-2-4-18-13(9)6-12(11)17/h2-6,8H,7H2,1H3,(H,19,22)(H,23,24). The highest BCUT2D eigenvalue weighted by Crippen LogP contribution is 2.17. The molecule has 0 unspecified atom stereocenters. The summed E-state index contributed by atoms with van der Waals surface area (Å²) in [6.45, 7) is -0.0706. The molecule has 0 saturated heterocycles. The van der Waals surface area contributed by atoms with Crippen LogP contribution in [0.2, 0.25) is 0 Å². The van der Waals surface area contributed by atoms with Gasteiger partial charge in [0.1, 0.15) is 5.82 Å². The van der Waals surface area contributed by atoms with Crippen molar-refractivity contribution in [1.82, 2.24) is 20.1 Å². The van der Waals surface area contributed by atoms with Gasteiger partial charge in [0, 0.05) is 36.8 Å². The summed E-state index contributed by atoms with van der Waals surface area (Å²) in [6.07, 6.45) is 2.89. The van der Waals surface area contributed by atoms with Crippen molar-refractivity contribution in [3.63, 3.8) is 0 Å². The zero-order valence-corrected chi connectivity index (χ0v) is 12.7. The molecule has 0 bridgehead atoms. The number of benzene rings is 1. The topological polar surface area (TPSA) is 97.1 Å². The number of halogens is 1. The summed E-state index contributed by atoms with van der Waals surface area (Å²) < 4.78 is 15.3. The zero-order chi connectivity index (χ0) is 17.3. The van der Waals surface area contributed by atoms with Gasteiger partial charge in [-0.2, -0.15) is 5.10 Å². The lowest BCUT2D eigenvalue weighted by atomic mass is 10.1. The average Bonchev–Trinajstić information content (AvgIpc) is 2.92. The van der Waals surface area contributed by atoms with Crippen LogP contribution < -0.4 is 5.32 Å². The Morgan fingerprint density at radius 3 is 2.92 bits per heavy atom. The molecule has 2 heterocycles. The highest BCUT2D eigenvalue weighted by Gasteiger charge is 2.18. The molecule has 1 aromatic carbocycles. The maximum Gasteiger partial charge on any atom is 0.354 e. The second kappa shape index (κ2) is 6.07. The molecule has 3 rings (SSSR count). The first-order valence-corrected chi connectivity index (χ1v) is 7.04. The third-order valence-electron chi connectivity index (χ3n) is 3.59. The summed E-state index contributed by atoms with van der Waals surface area (Å²) in [5.74, 6) is -2.48. The van der Waals surface area contributed by atoms with Crippen LogP contribution in [-0.2, 0) is 13.6 Å². The van der Waals surface area contributed by atoms with Gasteiger partial charge >= 0.3 is 5.97 Å². The van der Waals surface area contributed by atoms with Gasteiger partial charge in [0.2, 0.25) is 0 Å². The summed E-state index contributed by atoms with van der Waals surface area (Å²) in [5, 5.41) is 16.1. The third kappa shape index (κ3) is 2.81. The number of carbonyl (C=O) groups is 2. The number of pyridine rings is 1. The van der Waals surface area contributed by atoms with Crippen molar-refractivity contribution in [2.45, 2.75) is 6.54 Å². The number of nitrogens with zero attached hydrogens (tertiary/aromatic N) is 3. The zero-order valence-electron chi connectivity index (χ0n) is 12.7. The molecule has 0 saturated carbocycles. The molecule has 0 aliphatic rings. The molecular formula is C16H13FN4O3. The van der Waals surface area contributed by atoms with Crippen LogP contribution in [0.3, 0.4) is 0 Å². The molecule has 0 radical (unpaired) electrons. The largest absolute Gasteiger partial charge is 0.477 e. The Kier molecular flexibility index (Phi) is 3.95. The number of aromatic nitrogens is 3. The van der Waals surface area contributed by atoms with Crippen LogP contribution >= 0.6 is 0 Å². The van der Waals surface area contributed by atoms with Crippen LogP contribution in [0.25, 0.3) is 10.9 Å². The highest BCUT2D eigenvalue weighted by molar-refractivity contribution is 5.98. The van der Waals surface area contributed by atoms with E-state index in [1.54, 1.807) is 12.1 Å². The molecule has 0 aliphatic heterocycles. The SMILES string of the molecule is Cn1ncc(CNC(=O)c2cc3cccnc3cc2F)c1C(=O)O. The number of aromatic carboxylic acids is 1. The summed E-state index contributed by atoms with van der Waals surface area (Å²) in [5.41, 5.74) is 0.628. The fraction of sp³-hybridized carbons (Fsp3) is 0.125. The van der Waals surface area contributed by atoms with Crippen molar-refractivity contribution in [3.05, 3.63) is 59.3 Å². The normalized spacial score (nSPS) is 10.8. The summed E-state index contributed by atoms with van der Waals surface area (Å²) >= 11 is 0. The number of amides is 1. The first-order valence-electron chi connectivity index (χ1n) is 7.04. The molecular weight excluding hydrogens is 315 g/mol. The Labute approximate surface area is 135 Å². The number of fused-ring (bicyclic) bond motifs is 1. The van der Waals surface area contributed by atoms with E-state index in [0.29, 0.717) is 16.5 Å². The van der Waals surface area contributed by atoms with Gasteiger partial charge in [-0.1, -0.05) is 6.07 Å². The van der Waals surface area contributed by atoms with E-state index in [9.17, 15) is 14.0 Å². The molecule has 7 nitrogen and oxygen atoms in total. The van der Waals surface area contributed by atoms with E-state index in [4.69, 9.17) is 5.11 Å². The van der Waals surface area contributed by atoms with Crippen molar-refractivity contribution in [2.24, 2.45) is 7.05 Å². The van der Waals surface area contributed by atoms with Crippen molar-refractivity contribution >= 4 is 22.8 Å². The lowest BCUT2D eigenvalue weighted by Crippen LogP contribution is -2.25. The summed E-state index contributed by atoms with van der Waals surface area (Å²) in [6, 6.07) is 6.02. The molecule has 2 aromatic heterocycles. The predicted octanol–water partition coefficient (Wildman–Crippen LogP) is 1.74. The van der Waals surface area contributed by atoms with Gasteiger partial charge in [-0.05, 0) is 12.1 Å². The quantitative estimate of drug-likeness (QED) is 0.760. The number of nitrogens with one attached hydrogen (secondary N) is 1. The van der Waals surface area contributed by atoms with Crippen LogP contribution in [0.1, 0.15) is 26.4 Å². The maximum atomic E-state index is 14.1. The Morgan fingerprint density at radius 2 is 2.17 bits per heavy atom. The minimum atomic E-state index is -1.15. The van der Waals surface area contributed by atoms with Crippen LogP contribution in [-0.4, -0.2) is 31.7 Å². The molecule has 0 spiro atoms. The van der Waals surface area contributed by atoms with E-state index in [2.05, 4.69) is 15.4 Å². The second-order valence-electron chi connectivity index (χ2n) is 5.16. The lowest BCUT2D eigenvalue weighted by Gasteiger charge is -2.07. The first kappa shape index (κ1) is 15.6. The molecule has 2 N–H and O–H groups in total. The average molecular weight is 328 g/mol. The summed E-state index contributed by atoms with van der Waals surface area (Å²) in [7, 11) is 1.49. The predicted molar refractivity (Wildman–Crippen MR) is 83.0 cm³/mol. The van der Waals surface area contributed by atoms with Gasteiger partial charge in [-0.25, -0.2) is 9.18 Å². The lowest BCUT2D eigenvalue weighted by molar-refractivity contribution is 0.0682. The highest BCUT2D eigenvalue weighted by atomic mass is 19.1. The van der Waals surface area contributed by atoms with E-state index < -0.39 is 17.7 Å². The number of hydrogen-bond acceptors (Lipinski definition) is 4. The van der Waals surface area contributed by atoms with Gasteiger partial charge in [-0.3, -0.25) is 14.5 Å². The Balaban J connectivity index is 1.83. The summed E-state index contributed by atoms with van der Waals surface area (Å²) in [4.78, 5) is 27.4. The molecule has 122 valence electrons. The van der Waals surface area contributed by atoms with Gasteiger partial charge in [0.15, 0.2) is 5.69 Å². The molecule has 1 amide bonds. The van der Waals surface area contributed by atoms with E-state index in [1.807, 2.05) is 0 Å². The van der Waals surface area contributed by atoms with Crippen molar-refractivity contribution < 1.29 is 19.1 Å². The van der Waals surface area contributed by atoms with E-state index in [0.717, 1.165) is 0 Å². The number of aryl methyl sites for hydroxylation is 1. The van der Waals surface area contributed by atoms with Crippen molar-refractivity contribution in [1.29, 1.82) is 0 Å². The minimum absolute atomic E-state index is 0.0292. The van der Waals surface area contributed by atoms with Crippen LogP contribution in [0, 0.1) is 5.82 Å². The fourth-order valence-electron chi connectivity index (χ4n) is 2.43. The maximum absolute atomic E-state index is 14.1. The van der Waals surface area contributed by atoms with Crippen LogP contribution in [0.4, 0.5) is 4.39 Å². The van der Waals surface area contributed by atoms with E-state index >= 15 is 0 Å². The van der Waals surface area contributed by atoms with Crippen molar-refractivity contribution in [3.8, 4) is 0 Å². The second-order valence-corrected chi connectivity index (χ2v) is 5.16. The monoisotopic (exact) mass is 328 g/mol. The van der Waals surface area contributed by atoms with Gasteiger partial charge in [0.25, 0.3) is 5.91 Å². The van der Waals surface area contributed by atoms with Crippen LogP contribution in [0.15, 0.2) is 36.7 Å². The number of carboxylic acids is 1. The minimum Gasteiger partial charge on any atom is -0.477 e. The van der Waals surface area contributed by atoms with Gasteiger partial charge in [-0.15, -0.1) is 0 Å². The fourth-order valence-corrected chi connectivity index (χ4v) is 2.43. The number of carboxylic acid groups (broad SMARTS) is 1. The number of carbonyl (C=O) groups excluding carboxylic acids is 1. The Bertz CT molecular complexity index is 952. The van der Waals surface area contributed by atoms with Gasteiger partial charge in [0.05, 0.1) is 17.3 Å². The molecule has 24 heavy (non-hydrogen) atoms. The Hall–Kier alpha value is -3.29. The molecule has 3 aromatic rings. The molecule has 0 fully saturated rings. The van der Waals surface area contributed by atoms with Crippen LogP contribution in [0.5, 0.6) is 0 Å². The van der Waals surface area contributed by atoms with Crippen molar-refractivity contribution in [2.75, 3.05) is 0 Å². The van der Waals surface area contributed by atoms with E-state index in [-0.39, 0.29) is 17.8 Å². The number of rotatable bonds is 4. The third-order valence-corrected chi connectivity index (χ3v) is 3.59. The smallest absolute Gasteiger partial charge is 0.354 e. The van der Waals surface area contributed by atoms with E-state index in [1.165, 1.54) is 36.3 Å². The molecule has 0 aliphatic carbocycles.